The highest BCUT2D eigenvalue weighted by molar-refractivity contribution is 5.15. The summed E-state index contributed by atoms with van der Waals surface area (Å²) >= 11 is 0. The van der Waals surface area contributed by atoms with Gasteiger partial charge in [0.1, 0.15) is 0 Å². The largest absolute Gasteiger partial charge is 0.299 e. The Labute approximate surface area is 63.7 Å². The fraction of sp³-hybridized carbons (Fsp3) is 0.778. The predicted octanol–water partition coefficient (Wildman–Crippen LogP) is 2.05. The third-order valence-electron chi connectivity index (χ3n) is 2.57. The van der Waals surface area contributed by atoms with E-state index in [1.807, 2.05) is 0 Å². The Bertz CT molecular complexity index is 140. The smallest absolute Gasteiger partial charge is 0.0192 e. The zero-order valence-electron chi connectivity index (χ0n) is 7.44. The van der Waals surface area contributed by atoms with Crippen molar-refractivity contribution in [3.8, 4) is 0 Å². The Morgan fingerprint density at radius 1 is 1.30 bits per heavy atom. The van der Waals surface area contributed by atoms with E-state index in [-0.39, 0.29) is 0 Å². The fourth-order valence-electron chi connectivity index (χ4n) is 1.44. The minimum Gasteiger partial charge on any atom is -0.299 e. The van der Waals surface area contributed by atoms with E-state index in [2.05, 4.69) is 32.7 Å². The van der Waals surface area contributed by atoms with Crippen LogP contribution in [0.25, 0.3) is 0 Å². The van der Waals surface area contributed by atoms with Crippen molar-refractivity contribution in [1.82, 2.24) is 4.90 Å². The lowest BCUT2D eigenvalue weighted by Gasteiger charge is -2.31. The van der Waals surface area contributed by atoms with Crippen molar-refractivity contribution >= 4 is 0 Å². The van der Waals surface area contributed by atoms with Crippen LogP contribution in [0.4, 0.5) is 0 Å². The number of hydrogen-bond donors (Lipinski definition) is 0. The Morgan fingerprint density at radius 2 is 1.90 bits per heavy atom. The molecule has 0 aliphatic carbocycles. The normalized spacial score (nSPS) is 29.4. The molecule has 1 aliphatic rings. The summed E-state index contributed by atoms with van der Waals surface area (Å²) in [5, 5.41) is 0. The topological polar surface area (TPSA) is 3.24 Å². The van der Waals surface area contributed by atoms with Crippen LogP contribution >= 0.6 is 0 Å². The lowest BCUT2D eigenvalue weighted by Crippen LogP contribution is -2.34. The molecule has 0 bridgehead atoms. The van der Waals surface area contributed by atoms with Gasteiger partial charge in [0.15, 0.2) is 0 Å². The molecule has 1 heteroatoms. The molecule has 0 aromatic rings. The minimum atomic E-state index is 0.740. The molecule has 0 radical (unpaired) electrons. The van der Waals surface area contributed by atoms with Gasteiger partial charge in [-0.2, -0.15) is 0 Å². The molecule has 0 saturated carbocycles. The van der Waals surface area contributed by atoms with Crippen molar-refractivity contribution in [3.63, 3.8) is 0 Å². The van der Waals surface area contributed by atoms with Crippen LogP contribution in [0.15, 0.2) is 11.1 Å². The molecule has 0 fully saturated rings. The molecule has 1 unspecified atom stereocenters. The molecule has 1 nitrogen and oxygen atoms in total. The molecule has 1 rings (SSSR count). The van der Waals surface area contributed by atoms with Crippen LogP contribution in [0.2, 0.25) is 0 Å². The van der Waals surface area contributed by atoms with Crippen molar-refractivity contribution in [2.45, 2.75) is 33.2 Å². The Kier molecular flexibility index (Phi) is 2.14. The third kappa shape index (κ3) is 1.40. The summed E-state index contributed by atoms with van der Waals surface area (Å²) in [7, 11) is 2.20. The summed E-state index contributed by atoms with van der Waals surface area (Å²) in [4.78, 5) is 2.41. The van der Waals surface area contributed by atoms with Gasteiger partial charge < -0.3 is 0 Å². The summed E-state index contributed by atoms with van der Waals surface area (Å²) in [6.45, 7) is 7.93. The summed E-state index contributed by atoms with van der Waals surface area (Å²) in [6, 6.07) is 0.740. The molecule has 1 heterocycles. The van der Waals surface area contributed by atoms with Gasteiger partial charge in [-0.25, -0.2) is 0 Å². The first-order valence-corrected chi connectivity index (χ1v) is 3.96. The number of hydrogen-bond acceptors (Lipinski definition) is 1. The van der Waals surface area contributed by atoms with Gasteiger partial charge in [-0.1, -0.05) is 11.1 Å². The van der Waals surface area contributed by atoms with Crippen molar-refractivity contribution in [2.75, 3.05) is 13.6 Å². The Morgan fingerprint density at radius 3 is 2.40 bits per heavy atom. The molecule has 0 aromatic carbocycles. The third-order valence-corrected chi connectivity index (χ3v) is 2.57. The maximum absolute atomic E-state index is 2.41. The van der Waals surface area contributed by atoms with E-state index in [4.69, 9.17) is 0 Å². The molecule has 0 saturated heterocycles. The minimum absolute atomic E-state index is 0.740. The number of rotatable bonds is 0. The maximum Gasteiger partial charge on any atom is 0.0192 e. The molecule has 1 aliphatic heterocycles. The standard InChI is InChI=1S/C9H17N/c1-7-5-9(3)10(4)6-8(7)2/h9H,5-6H2,1-4H3. The van der Waals surface area contributed by atoms with E-state index in [0.717, 1.165) is 12.6 Å². The molecule has 0 amide bonds. The summed E-state index contributed by atoms with van der Waals surface area (Å²) in [5.74, 6) is 0. The first-order chi connectivity index (χ1) is 4.61. The first kappa shape index (κ1) is 7.80. The van der Waals surface area contributed by atoms with Crippen LogP contribution in [0.1, 0.15) is 27.2 Å². The van der Waals surface area contributed by atoms with Crippen molar-refractivity contribution < 1.29 is 0 Å². The molecular formula is C9H17N. The molecular weight excluding hydrogens is 122 g/mol. The zero-order valence-corrected chi connectivity index (χ0v) is 7.44. The summed E-state index contributed by atoms with van der Waals surface area (Å²) < 4.78 is 0. The highest BCUT2D eigenvalue weighted by Gasteiger charge is 2.16. The molecule has 0 aromatic heterocycles. The van der Waals surface area contributed by atoms with Crippen molar-refractivity contribution in [2.24, 2.45) is 0 Å². The van der Waals surface area contributed by atoms with Crippen LogP contribution in [0.5, 0.6) is 0 Å². The lowest BCUT2D eigenvalue weighted by atomic mass is 9.98. The van der Waals surface area contributed by atoms with Gasteiger partial charge in [0.05, 0.1) is 0 Å². The van der Waals surface area contributed by atoms with Gasteiger partial charge >= 0.3 is 0 Å². The second kappa shape index (κ2) is 2.75. The second-order valence-electron chi connectivity index (χ2n) is 3.53. The molecule has 1 atom stereocenters. The van der Waals surface area contributed by atoms with Gasteiger partial charge in [-0.3, -0.25) is 4.90 Å². The van der Waals surface area contributed by atoms with Gasteiger partial charge in [-0.15, -0.1) is 0 Å². The average Bonchev–Trinajstić information content (AvgIpc) is 1.84. The van der Waals surface area contributed by atoms with Crippen LogP contribution in [-0.4, -0.2) is 24.5 Å². The van der Waals surface area contributed by atoms with Crippen LogP contribution < -0.4 is 0 Å². The second-order valence-corrected chi connectivity index (χ2v) is 3.53. The molecule has 0 spiro atoms. The zero-order chi connectivity index (χ0) is 7.72. The van der Waals surface area contributed by atoms with E-state index < -0.39 is 0 Å². The van der Waals surface area contributed by atoms with Crippen LogP contribution in [0, 0.1) is 0 Å². The van der Waals surface area contributed by atoms with Gasteiger partial charge in [0, 0.05) is 12.6 Å². The first-order valence-electron chi connectivity index (χ1n) is 3.96. The quantitative estimate of drug-likeness (QED) is 0.464. The van der Waals surface area contributed by atoms with E-state index in [9.17, 15) is 0 Å². The number of nitrogens with zero attached hydrogens (tertiary/aromatic N) is 1. The highest BCUT2D eigenvalue weighted by atomic mass is 15.1. The monoisotopic (exact) mass is 139 g/mol. The SMILES string of the molecule is CC1=C(C)CN(C)C(C)C1. The van der Waals surface area contributed by atoms with E-state index >= 15 is 0 Å². The average molecular weight is 139 g/mol. The van der Waals surface area contributed by atoms with Crippen LogP contribution in [-0.2, 0) is 0 Å². The molecule has 0 N–H and O–H groups in total. The molecule has 58 valence electrons. The Balaban J connectivity index is 2.69. The summed E-state index contributed by atoms with van der Waals surface area (Å²) in [6.07, 6.45) is 1.25. The molecule has 10 heavy (non-hydrogen) atoms. The van der Waals surface area contributed by atoms with Crippen LogP contribution in [0.3, 0.4) is 0 Å². The highest BCUT2D eigenvalue weighted by Crippen LogP contribution is 2.20. The van der Waals surface area contributed by atoms with E-state index in [1.165, 1.54) is 6.42 Å². The van der Waals surface area contributed by atoms with Gasteiger partial charge in [0.25, 0.3) is 0 Å². The lowest BCUT2D eigenvalue weighted by molar-refractivity contribution is 0.260. The van der Waals surface area contributed by atoms with Gasteiger partial charge in [-0.05, 0) is 34.2 Å². The Hall–Kier alpha value is -0.300. The van der Waals surface area contributed by atoms with E-state index in [1.54, 1.807) is 11.1 Å². The fourth-order valence-corrected chi connectivity index (χ4v) is 1.44. The van der Waals surface area contributed by atoms with E-state index in [0.29, 0.717) is 0 Å². The summed E-state index contributed by atoms with van der Waals surface area (Å²) in [5.41, 5.74) is 3.14. The predicted molar refractivity (Wildman–Crippen MR) is 45.1 cm³/mol. The van der Waals surface area contributed by atoms with Gasteiger partial charge in [0.2, 0.25) is 0 Å². The van der Waals surface area contributed by atoms with Crippen molar-refractivity contribution in [1.29, 1.82) is 0 Å². The van der Waals surface area contributed by atoms with Crippen molar-refractivity contribution in [3.05, 3.63) is 11.1 Å². The number of likely N-dealkylation sites (N-methyl/N-ethyl adjacent to an activating group) is 1. The maximum atomic E-state index is 2.41.